The Kier molecular flexibility index (Phi) is 3.56. The van der Waals surface area contributed by atoms with E-state index in [1.165, 1.54) is 12.5 Å². The first kappa shape index (κ1) is 11.8. The van der Waals surface area contributed by atoms with E-state index >= 15 is 0 Å². The Morgan fingerprint density at radius 2 is 2.12 bits per heavy atom. The van der Waals surface area contributed by atoms with Crippen LogP contribution in [0.5, 0.6) is 5.88 Å². The molecule has 1 aromatic heterocycles. The number of pyridine rings is 1. The summed E-state index contributed by atoms with van der Waals surface area (Å²) >= 11 is 0. The van der Waals surface area contributed by atoms with Crippen molar-refractivity contribution in [2.45, 2.75) is 45.1 Å². The van der Waals surface area contributed by atoms with Crippen molar-refractivity contribution in [1.82, 2.24) is 4.98 Å². The highest BCUT2D eigenvalue weighted by Gasteiger charge is 2.22. The van der Waals surface area contributed by atoms with Crippen LogP contribution < -0.4 is 4.74 Å². The summed E-state index contributed by atoms with van der Waals surface area (Å²) in [7, 11) is 0. The number of ether oxygens (including phenoxy) is 1. The molecule has 1 aliphatic rings. The van der Waals surface area contributed by atoms with Crippen LogP contribution in [0.1, 0.15) is 37.7 Å². The van der Waals surface area contributed by atoms with Gasteiger partial charge in [-0.15, -0.1) is 0 Å². The zero-order valence-corrected chi connectivity index (χ0v) is 9.89. The van der Waals surface area contributed by atoms with E-state index < -0.39 is 4.92 Å². The fraction of sp³-hybridized carbons (Fsp3) is 0.583. The van der Waals surface area contributed by atoms with Crippen LogP contribution in [-0.2, 0) is 0 Å². The summed E-state index contributed by atoms with van der Waals surface area (Å²) in [5.41, 5.74) is 0.739. The second kappa shape index (κ2) is 5.12. The van der Waals surface area contributed by atoms with Crippen molar-refractivity contribution in [2.24, 2.45) is 0 Å². The van der Waals surface area contributed by atoms with Gasteiger partial charge in [-0.25, -0.2) is 4.98 Å². The van der Waals surface area contributed by atoms with E-state index in [-0.39, 0.29) is 17.7 Å². The largest absolute Gasteiger partial charge is 0.469 e. The van der Waals surface area contributed by atoms with Crippen molar-refractivity contribution < 1.29 is 9.66 Å². The number of nitro groups is 1. The third kappa shape index (κ3) is 2.93. The molecule has 1 heterocycles. The highest BCUT2D eigenvalue weighted by Crippen LogP contribution is 2.29. The maximum Gasteiger partial charge on any atom is 0.331 e. The molecule has 5 heteroatoms. The molecule has 1 aromatic rings. The molecule has 92 valence electrons. The van der Waals surface area contributed by atoms with Gasteiger partial charge in [0.05, 0.1) is 4.92 Å². The first-order chi connectivity index (χ1) is 8.16. The zero-order chi connectivity index (χ0) is 12.3. The number of nitrogens with zero attached hydrogens (tertiary/aromatic N) is 2. The molecular formula is C12H16N2O3. The van der Waals surface area contributed by atoms with E-state index in [4.69, 9.17) is 4.74 Å². The van der Waals surface area contributed by atoms with Gasteiger partial charge in [0, 0.05) is 12.3 Å². The predicted molar refractivity (Wildman–Crippen MR) is 63.1 cm³/mol. The Labute approximate surface area is 100.0 Å². The number of hydrogen-bond donors (Lipinski definition) is 0. The van der Waals surface area contributed by atoms with Crippen LogP contribution in [0.15, 0.2) is 12.3 Å². The molecule has 0 atom stereocenters. The molecule has 0 aromatic carbocycles. The summed E-state index contributed by atoms with van der Waals surface area (Å²) < 4.78 is 5.65. The second-order valence-electron chi connectivity index (χ2n) is 4.47. The van der Waals surface area contributed by atoms with Gasteiger partial charge in [0.1, 0.15) is 6.10 Å². The van der Waals surface area contributed by atoms with Crippen molar-refractivity contribution in [2.75, 3.05) is 0 Å². The van der Waals surface area contributed by atoms with Crippen LogP contribution in [0.4, 0.5) is 5.69 Å². The van der Waals surface area contributed by atoms with Crippen LogP contribution in [0, 0.1) is 17.0 Å². The topological polar surface area (TPSA) is 65.3 Å². The summed E-state index contributed by atoms with van der Waals surface area (Å²) in [6, 6.07) is 1.51. The van der Waals surface area contributed by atoms with E-state index in [2.05, 4.69) is 4.98 Å². The molecule has 1 saturated carbocycles. The maximum atomic E-state index is 10.9. The number of rotatable bonds is 3. The average molecular weight is 236 g/mol. The summed E-state index contributed by atoms with van der Waals surface area (Å²) in [6.07, 6.45) is 7.10. The summed E-state index contributed by atoms with van der Waals surface area (Å²) in [5.74, 6) is 0.160. The third-order valence-electron chi connectivity index (χ3n) is 3.00. The molecule has 0 unspecified atom stereocenters. The predicted octanol–water partition coefficient (Wildman–Crippen LogP) is 3.01. The van der Waals surface area contributed by atoms with Gasteiger partial charge in [-0.2, -0.15) is 0 Å². The minimum Gasteiger partial charge on any atom is -0.469 e. The van der Waals surface area contributed by atoms with Crippen LogP contribution in [0.2, 0.25) is 0 Å². The Hall–Kier alpha value is -1.65. The molecule has 1 aliphatic carbocycles. The molecule has 0 aliphatic heterocycles. The fourth-order valence-corrected chi connectivity index (χ4v) is 2.10. The van der Waals surface area contributed by atoms with Crippen LogP contribution >= 0.6 is 0 Å². The Morgan fingerprint density at radius 3 is 2.76 bits per heavy atom. The minimum absolute atomic E-state index is 0.0319. The highest BCUT2D eigenvalue weighted by atomic mass is 16.6. The van der Waals surface area contributed by atoms with Crippen LogP contribution in [0.3, 0.4) is 0 Å². The van der Waals surface area contributed by atoms with Gasteiger partial charge in [-0.1, -0.05) is 6.42 Å². The lowest BCUT2D eigenvalue weighted by Crippen LogP contribution is -2.20. The molecule has 2 rings (SSSR count). The Bertz CT molecular complexity index is 414. The molecule has 0 bridgehead atoms. The highest BCUT2D eigenvalue weighted by molar-refractivity contribution is 5.42. The van der Waals surface area contributed by atoms with Crippen molar-refractivity contribution in [1.29, 1.82) is 0 Å². The first-order valence-corrected chi connectivity index (χ1v) is 5.94. The third-order valence-corrected chi connectivity index (χ3v) is 3.00. The minimum atomic E-state index is -0.432. The maximum absolute atomic E-state index is 10.9. The van der Waals surface area contributed by atoms with Gasteiger partial charge >= 0.3 is 5.69 Å². The first-order valence-electron chi connectivity index (χ1n) is 5.94. The average Bonchev–Trinajstić information content (AvgIpc) is 2.32. The number of aromatic nitrogens is 1. The van der Waals surface area contributed by atoms with Gasteiger partial charge in [0.15, 0.2) is 0 Å². The van der Waals surface area contributed by atoms with Crippen LogP contribution in [0.25, 0.3) is 0 Å². The SMILES string of the molecule is Cc1cnc(OC2CCCCC2)c([N+](=O)[O-])c1. The van der Waals surface area contributed by atoms with Gasteiger partial charge < -0.3 is 4.74 Å². The lowest BCUT2D eigenvalue weighted by molar-refractivity contribution is -0.386. The van der Waals surface area contributed by atoms with Crippen LogP contribution in [-0.4, -0.2) is 16.0 Å². The molecular weight excluding hydrogens is 220 g/mol. The number of aryl methyl sites for hydroxylation is 1. The second-order valence-corrected chi connectivity index (χ2v) is 4.47. The summed E-state index contributed by atoms with van der Waals surface area (Å²) in [6.45, 7) is 1.78. The smallest absolute Gasteiger partial charge is 0.331 e. The van der Waals surface area contributed by atoms with Crippen molar-refractivity contribution >= 4 is 5.69 Å². The quantitative estimate of drug-likeness (QED) is 0.597. The molecule has 17 heavy (non-hydrogen) atoms. The standard InChI is InChI=1S/C12H16N2O3/c1-9-7-11(14(15)16)12(13-8-9)17-10-5-3-2-4-6-10/h7-8,10H,2-6H2,1H3. The lowest BCUT2D eigenvalue weighted by Gasteiger charge is -2.22. The lowest BCUT2D eigenvalue weighted by atomic mass is 9.98. The normalized spacial score (nSPS) is 16.8. The van der Waals surface area contributed by atoms with Gasteiger partial charge in [0.2, 0.25) is 0 Å². The van der Waals surface area contributed by atoms with E-state index in [1.807, 2.05) is 0 Å². The fourth-order valence-electron chi connectivity index (χ4n) is 2.10. The van der Waals surface area contributed by atoms with E-state index in [9.17, 15) is 10.1 Å². The Morgan fingerprint density at radius 1 is 1.41 bits per heavy atom. The van der Waals surface area contributed by atoms with Crippen molar-refractivity contribution in [3.8, 4) is 5.88 Å². The molecule has 0 saturated heterocycles. The van der Waals surface area contributed by atoms with E-state index in [0.717, 1.165) is 31.2 Å². The van der Waals surface area contributed by atoms with Crippen molar-refractivity contribution in [3.63, 3.8) is 0 Å². The molecule has 0 radical (unpaired) electrons. The van der Waals surface area contributed by atoms with E-state index in [0.29, 0.717) is 0 Å². The van der Waals surface area contributed by atoms with Crippen molar-refractivity contribution in [3.05, 3.63) is 27.9 Å². The molecule has 0 amide bonds. The van der Waals surface area contributed by atoms with E-state index in [1.54, 1.807) is 13.1 Å². The number of hydrogen-bond acceptors (Lipinski definition) is 4. The molecule has 5 nitrogen and oxygen atoms in total. The monoisotopic (exact) mass is 236 g/mol. The molecule has 0 N–H and O–H groups in total. The summed E-state index contributed by atoms with van der Waals surface area (Å²) in [4.78, 5) is 14.5. The van der Waals surface area contributed by atoms with Gasteiger partial charge in [-0.05, 0) is 38.2 Å². The summed E-state index contributed by atoms with van der Waals surface area (Å²) in [5, 5.41) is 10.9. The molecule has 1 fully saturated rings. The Balaban J connectivity index is 2.16. The van der Waals surface area contributed by atoms with Gasteiger partial charge in [-0.3, -0.25) is 10.1 Å². The molecule has 0 spiro atoms. The van der Waals surface area contributed by atoms with Gasteiger partial charge in [0.25, 0.3) is 5.88 Å². The zero-order valence-electron chi connectivity index (χ0n) is 9.89.